The van der Waals surface area contributed by atoms with Crippen molar-refractivity contribution in [2.75, 3.05) is 14.2 Å². The summed E-state index contributed by atoms with van der Waals surface area (Å²) in [6, 6.07) is 3.77. The number of esters is 1. The van der Waals surface area contributed by atoms with Crippen LogP contribution in [0, 0.1) is 23.7 Å². The quantitative estimate of drug-likeness (QED) is 0.798. The lowest BCUT2D eigenvalue weighted by Gasteiger charge is -2.25. The van der Waals surface area contributed by atoms with Crippen LogP contribution in [0.4, 0.5) is 0 Å². The van der Waals surface area contributed by atoms with Crippen LogP contribution in [0.25, 0.3) is 0 Å². The first-order valence-corrected chi connectivity index (χ1v) is 7.28. The molecule has 1 saturated carbocycles. The van der Waals surface area contributed by atoms with Gasteiger partial charge >= 0.3 is 5.97 Å². The van der Waals surface area contributed by atoms with Crippen LogP contribution < -0.4 is 0 Å². The Labute approximate surface area is 129 Å². The molecular formula is C16H20N2O4. The number of hydrogen-bond acceptors (Lipinski definition) is 5. The summed E-state index contributed by atoms with van der Waals surface area (Å²) in [5.41, 5.74) is -0.545. The van der Waals surface area contributed by atoms with E-state index in [9.17, 15) is 14.9 Å². The minimum absolute atomic E-state index is 0.179. The fraction of sp³-hybridized carbons (Fsp3) is 0.562. The number of furan rings is 1. The SMILES string of the molecule is COC(=O)c1cc(CN(C)C(=O)C2(C#N)CCCC2)oc1C. The van der Waals surface area contributed by atoms with Gasteiger partial charge in [-0.2, -0.15) is 5.26 Å². The molecule has 0 spiro atoms. The second-order valence-electron chi connectivity index (χ2n) is 5.74. The number of nitriles is 1. The zero-order chi connectivity index (χ0) is 16.3. The molecule has 0 atom stereocenters. The maximum Gasteiger partial charge on any atom is 0.341 e. The molecule has 6 nitrogen and oxygen atoms in total. The summed E-state index contributed by atoms with van der Waals surface area (Å²) in [4.78, 5) is 25.6. The first-order chi connectivity index (χ1) is 10.4. The molecule has 6 heteroatoms. The third kappa shape index (κ3) is 2.84. The predicted molar refractivity (Wildman–Crippen MR) is 77.8 cm³/mol. The maximum absolute atomic E-state index is 12.6. The number of carbonyl (C=O) groups excluding carboxylic acids is 2. The van der Waals surface area contributed by atoms with Gasteiger partial charge in [0, 0.05) is 7.05 Å². The van der Waals surface area contributed by atoms with Crippen molar-refractivity contribution in [1.82, 2.24) is 4.90 Å². The normalized spacial score (nSPS) is 16.1. The maximum atomic E-state index is 12.6. The molecule has 0 aromatic carbocycles. The number of amides is 1. The van der Waals surface area contributed by atoms with Crippen LogP contribution in [0.1, 0.15) is 47.6 Å². The van der Waals surface area contributed by atoms with Gasteiger partial charge < -0.3 is 14.1 Å². The first kappa shape index (κ1) is 16.1. The van der Waals surface area contributed by atoms with Gasteiger partial charge in [0.15, 0.2) is 0 Å². The summed E-state index contributed by atoms with van der Waals surface area (Å²) in [6.45, 7) is 1.89. The summed E-state index contributed by atoms with van der Waals surface area (Å²) in [5.74, 6) is 0.310. The summed E-state index contributed by atoms with van der Waals surface area (Å²) in [7, 11) is 2.95. The summed E-state index contributed by atoms with van der Waals surface area (Å²) in [6.07, 6.45) is 3.02. The topological polar surface area (TPSA) is 83.5 Å². The first-order valence-electron chi connectivity index (χ1n) is 7.28. The highest BCUT2D eigenvalue weighted by molar-refractivity contribution is 5.90. The molecule has 1 amide bonds. The fourth-order valence-electron chi connectivity index (χ4n) is 2.96. The van der Waals surface area contributed by atoms with Gasteiger partial charge in [0.25, 0.3) is 0 Å². The van der Waals surface area contributed by atoms with Crippen molar-refractivity contribution < 1.29 is 18.7 Å². The average molecular weight is 304 g/mol. The lowest BCUT2D eigenvalue weighted by atomic mass is 9.86. The zero-order valence-corrected chi connectivity index (χ0v) is 13.1. The molecule has 2 rings (SSSR count). The molecule has 1 fully saturated rings. The van der Waals surface area contributed by atoms with Crippen LogP contribution in [0.2, 0.25) is 0 Å². The Morgan fingerprint density at radius 2 is 2.09 bits per heavy atom. The van der Waals surface area contributed by atoms with E-state index in [-0.39, 0.29) is 12.5 Å². The number of carbonyl (C=O) groups is 2. The third-order valence-electron chi connectivity index (χ3n) is 4.19. The number of ether oxygens (including phenoxy) is 1. The lowest BCUT2D eigenvalue weighted by molar-refractivity contribution is -0.138. The van der Waals surface area contributed by atoms with Crippen molar-refractivity contribution in [2.45, 2.75) is 39.2 Å². The highest BCUT2D eigenvalue weighted by Gasteiger charge is 2.43. The van der Waals surface area contributed by atoms with Gasteiger partial charge in [-0.1, -0.05) is 12.8 Å². The van der Waals surface area contributed by atoms with Crippen LogP contribution in [0.15, 0.2) is 10.5 Å². The monoisotopic (exact) mass is 304 g/mol. The van der Waals surface area contributed by atoms with E-state index in [1.807, 2.05) is 0 Å². The molecular weight excluding hydrogens is 284 g/mol. The van der Waals surface area contributed by atoms with E-state index in [4.69, 9.17) is 4.42 Å². The van der Waals surface area contributed by atoms with E-state index in [1.165, 1.54) is 12.0 Å². The van der Waals surface area contributed by atoms with Crippen LogP contribution in [0.5, 0.6) is 0 Å². The molecule has 0 bridgehead atoms. The summed E-state index contributed by atoms with van der Waals surface area (Å²) >= 11 is 0. The van der Waals surface area contributed by atoms with Crippen LogP contribution in [-0.4, -0.2) is 30.9 Å². The van der Waals surface area contributed by atoms with Gasteiger partial charge in [-0.05, 0) is 25.8 Å². The number of aryl methyl sites for hydroxylation is 1. The Hall–Kier alpha value is -2.29. The Bertz CT molecular complexity index is 621. The highest BCUT2D eigenvalue weighted by atomic mass is 16.5. The van der Waals surface area contributed by atoms with Crippen LogP contribution in [0.3, 0.4) is 0 Å². The van der Waals surface area contributed by atoms with E-state index < -0.39 is 11.4 Å². The lowest BCUT2D eigenvalue weighted by Crippen LogP contribution is -2.39. The van der Waals surface area contributed by atoms with Gasteiger partial charge in [-0.15, -0.1) is 0 Å². The molecule has 0 N–H and O–H groups in total. The number of nitrogens with zero attached hydrogens (tertiary/aromatic N) is 2. The molecule has 1 heterocycles. The Kier molecular flexibility index (Phi) is 4.55. The molecule has 0 aliphatic heterocycles. The van der Waals surface area contributed by atoms with E-state index in [2.05, 4.69) is 10.8 Å². The molecule has 1 aromatic rings. The standard InChI is InChI=1S/C16H20N2O4/c1-11-13(14(19)21-3)8-12(22-11)9-18(2)15(20)16(10-17)6-4-5-7-16/h8H,4-7,9H2,1-3H3. The molecule has 0 unspecified atom stereocenters. The van der Waals surface area contributed by atoms with Gasteiger partial charge in [0.1, 0.15) is 22.5 Å². The van der Waals surface area contributed by atoms with Crippen molar-refractivity contribution in [3.63, 3.8) is 0 Å². The van der Waals surface area contributed by atoms with E-state index in [1.54, 1.807) is 20.0 Å². The van der Waals surface area contributed by atoms with Crippen molar-refractivity contribution >= 4 is 11.9 Å². The summed E-state index contributed by atoms with van der Waals surface area (Å²) in [5, 5.41) is 9.37. The average Bonchev–Trinajstić information content (AvgIpc) is 3.13. The van der Waals surface area contributed by atoms with Gasteiger partial charge in [0.2, 0.25) is 5.91 Å². The Morgan fingerprint density at radius 1 is 1.45 bits per heavy atom. The smallest absolute Gasteiger partial charge is 0.341 e. The Balaban J connectivity index is 2.12. The van der Waals surface area contributed by atoms with Gasteiger partial charge in [-0.25, -0.2) is 4.79 Å². The van der Waals surface area contributed by atoms with Crippen molar-refractivity contribution in [2.24, 2.45) is 5.41 Å². The second-order valence-corrected chi connectivity index (χ2v) is 5.74. The molecule has 1 aliphatic rings. The van der Waals surface area contributed by atoms with Crippen LogP contribution in [-0.2, 0) is 16.1 Å². The molecule has 0 saturated heterocycles. The minimum Gasteiger partial charge on any atom is -0.465 e. The van der Waals surface area contributed by atoms with E-state index in [0.29, 0.717) is 29.9 Å². The molecule has 1 aliphatic carbocycles. The number of hydrogen-bond donors (Lipinski definition) is 0. The summed E-state index contributed by atoms with van der Waals surface area (Å²) < 4.78 is 10.2. The van der Waals surface area contributed by atoms with Crippen molar-refractivity contribution in [3.8, 4) is 6.07 Å². The van der Waals surface area contributed by atoms with E-state index in [0.717, 1.165) is 12.8 Å². The van der Waals surface area contributed by atoms with Gasteiger partial charge in [-0.3, -0.25) is 4.79 Å². The largest absolute Gasteiger partial charge is 0.465 e. The molecule has 1 aromatic heterocycles. The van der Waals surface area contributed by atoms with Crippen molar-refractivity contribution in [1.29, 1.82) is 5.26 Å². The molecule has 22 heavy (non-hydrogen) atoms. The highest BCUT2D eigenvalue weighted by Crippen LogP contribution is 2.39. The van der Waals surface area contributed by atoms with E-state index >= 15 is 0 Å². The zero-order valence-electron chi connectivity index (χ0n) is 13.1. The van der Waals surface area contributed by atoms with Gasteiger partial charge in [0.05, 0.1) is 19.7 Å². The molecule has 0 radical (unpaired) electrons. The Morgan fingerprint density at radius 3 is 2.64 bits per heavy atom. The predicted octanol–water partition coefficient (Wildman–Crippen LogP) is 2.42. The minimum atomic E-state index is -0.901. The second kappa shape index (κ2) is 6.22. The number of methoxy groups -OCH3 is 1. The van der Waals surface area contributed by atoms with Crippen LogP contribution >= 0.6 is 0 Å². The van der Waals surface area contributed by atoms with Crippen molar-refractivity contribution in [3.05, 3.63) is 23.2 Å². The molecule has 118 valence electrons. The third-order valence-corrected chi connectivity index (χ3v) is 4.19. The number of rotatable bonds is 4. The fourth-order valence-corrected chi connectivity index (χ4v) is 2.96.